The Labute approximate surface area is 116 Å². The average Bonchev–Trinajstić information content (AvgIpc) is 3.01. The largest absolute Gasteiger partial charge is 0.465 e. The van der Waals surface area contributed by atoms with Gasteiger partial charge in [-0.15, -0.1) is 0 Å². The molecule has 1 aromatic heterocycles. The molecule has 1 aromatic carbocycles. The molecular weight excluding hydrogens is 256 g/mol. The summed E-state index contributed by atoms with van der Waals surface area (Å²) >= 11 is 0. The number of esters is 1. The number of aromatic amines is 1. The molecule has 0 fully saturated rings. The van der Waals surface area contributed by atoms with Crippen LogP contribution in [0.4, 0.5) is 0 Å². The van der Waals surface area contributed by atoms with Crippen LogP contribution in [0.2, 0.25) is 0 Å². The van der Waals surface area contributed by atoms with Crippen LogP contribution in [0.1, 0.15) is 5.56 Å². The zero-order chi connectivity index (χ0) is 14.4. The minimum atomic E-state index is -0.515. The van der Waals surface area contributed by atoms with Crippen LogP contribution in [-0.4, -0.2) is 23.3 Å². The van der Waals surface area contributed by atoms with Crippen molar-refractivity contribution in [3.05, 3.63) is 66.6 Å². The normalized spacial score (nSPS) is 10.9. The van der Waals surface area contributed by atoms with Gasteiger partial charge in [-0.2, -0.15) is 5.10 Å². The number of carbonyl (C=O) groups is 1. The van der Waals surface area contributed by atoms with E-state index in [1.54, 1.807) is 12.3 Å². The second-order valence-corrected chi connectivity index (χ2v) is 3.91. The maximum absolute atomic E-state index is 11.8. The highest BCUT2D eigenvalue weighted by Gasteiger charge is 2.16. The number of hydrogen-bond donors (Lipinski definition) is 1. The van der Waals surface area contributed by atoms with Crippen molar-refractivity contribution in [2.45, 2.75) is 0 Å². The second kappa shape index (κ2) is 6.38. The third-order valence-electron chi connectivity index (χ3n) is 2.63. The lowest BCUT2D eigenvalue weighted by Crippen LogP contribution is -2.08. The number of methoxy groups -OCH3 is 1. The Morgan fingerprint density at radius 1 is 1.30 bits per heavy atom. The molecule has 0 bridgehead atoms. The fraction of sp³-hybridized carbons (Fsp3) is 0.0667. The molecule has 5 heteroatoms. The predicted molar refractivity (Wildman–Crippen MR) is 74.8 cm³/mol. The van der Waals surface area contributed by atoms with Gasteiger partial charge in [-0.1, -0.05) is 36.9 Å². The van der Waals surface area contributed by atoms with E-state index in [4.69, 9.17) is 9.47 Å². The summed E-state index contributed by atoms with van der Waals surface area (Å²) in [5.74, 6) is -0.0920. The van der Waals surface area contributed by atoms with E-state index in [2.05, 4.69) is 16.8 Å². The van der Waals surface area contributed by atoms with E-state index in [0.29, 0.717) is 11.5 Å². The minimum absolute atomic E-state index is 0.244. The lowest BCUT2D eigenvalue weighted by molar-refractivity contribution is -0.135. The topological polar surface area (TPSA) is 64.2 Å². The Morgan fingerprint density at radius 3 is 2.65 bits per heavy atom. The first-order chi connectivity index (χ1) is 9.72. The van der Waals surface area contributed by atoms with Gasteiger partial charge in [0.25, 0.3) is 0 Å². The lowest BCUT2D eigenvalue weighted by Gasteiger charge is -2.09. The maximum atomic E-state index is 11.8. The first-order valence-corrected chi connectivity index (χ1v) is 5.91. The van der Waals surface area contributed by atoms with Crippen molar-refractivity contribution in [2.75, 3.05) is 7.11 Å². The van der Waals surface area contributed by atoms with Crippen molar-refractivity contribution in [3.8, 4) is 5.88 Å². The van der Waals surface area contributed by atoms with Crippen molar-refractivity contribution in [1.29, 1.82) is 0 Å². The highest BCUT2D eigenvalue weighted by Crippen LogP contribution is 2.22. The van der Waals surface area contributed by atoms with E-state index in [0.717, 1.165) is 5.56 Å². The number of hydrogen-bond acceptors (Lipinski definition) is 4. The maximum Gasteiger partial charge on any atom is 0.341 e. The quantitative estimate of drug-likeness (QED) is 0.392. The number of nitrogens with one attached hydrogen (secondary N) is 1. The van der Waals surface area contributed by atoms with Crippen LogP contribution < -0.4 is 4.74 Å². The summed E-state index contributed by atoms with van der Waals surface area (Å²) in [6.07, 6.45) is 2.85. The molecule has 0 aliphatic rings. The Kier molecular flexibility index (Phi) is 4.34. The van der Waals surface area contributed by atoms with E-state index in [9.17, 15) is 4.79 Å². The first kappa shape index (κ1) is 13.6. The van der Waals surface area contributed by atoms with Gasteiger partial charge >= 0.3 is 5.97 Å². The molecule has 1 heterocycles. The molecule has 2 rings (SSSR count). The summed E-state index contributed by atoms with van der Waals surface area (Å²) in [6.45, 7) is 3.92. The number of nitrogens with zero attached hydrogens (tertiary/aromatic N) is 1. The summed E-state index contributed by atoms with van der Waals surface area (Å²) in [7, 11) is 1.31. The minimum Gasteiger partial charge on any atom is -0.465 e. The van der Waals surface area contributed by atoms with E-state index in [1.165, 1.54) is 13.4 Å². The lowest BCUT2D eigenvalue weighted by atomic mass is 10.0. The van der Waals surface area contributed by atoms with Crippen molar-refractivity contribution < 1.29 is 14.3 Å². The fourth-order valence-corrected chi connectivity index (χ4v) is 1.58. The Morgan fingerprint density at radius 2 is 2.05 bits per heavy atom. The van der Waals surface area contributed by atoms with Crippen molar-refractivity contribution in [3.63, 3.8) is 0 Å². The van der Waals surface area contributed by atoms with E-state index in [-0.39, 0.29) is 5.57 Å². The molecule has 0 aliphatic carbocycles. The molecule has 0 saturated heterocycles. The average molecular weight is 270 g/mol. The highest BCUT2D eigenvalue weighted by molar-refractivity contribution is 6.05. The van der Waals surface area contributed by atoms with E-state index in [1.807, 2.05) is 30.3 Å². The fourth-order valence-electron chi connectivity index (χ4n) is 1.58. The van der Waals surface area contributed by atoms with Crippen LogP contribution in [0, 0.1) is 0 Å². The van der Waals surface area contributed by atoms with Crippen molar-refractivity contribution in [2.24, 2.45) is 0 Å². The summed E-state index contributed by atoms with van der Waals surface area (Å²) in [5, 5.41) is 6.38. The molecular formula is C15H14N2O3. The van der Waals surface area contributed by atoms with Gasteiger partial charge in [-0.25, -0.2) is 9.89 Å². The number of rotatable bonds is 5. The van der Waals surface area contributed by atoms with Gasteiger partial charge in [-0.05, 0) is 11.1 Å². The molecule has 0 aliphatic heterocycles. The molecule has 0 amide bonds. The van der Waals surface area contributed by atoms with Crippen LogP contribution in [0.3, 0.4) is 0 Å². The SMILES string of the molecule is C=C(C(=COc1ccn[nH]1)C(=O)OC)c1ccccc1. The Bertz CT molecular complexity index is 616. The number of benzene rings is 1. The van der Waals surface area contributed by atoms with Crippen LogP contribution in [-0.2, 0) is 9.53 Å². The molecule has 0 radical (unpaired) electrons. The van der Waals surface area contributed by atoms with E-state index < -0.39 is 5.97 Å². The molecule has 0 unspecified atom stereocenters. The molecule has 2 aromatic rings. The summed E-state index contributed by atoms with van der Waals surface area (Å²) in [6, 6.07) is 11.0. The van der Waals surface area contributed by atoms with Crippen LogP contribution in [0.25, 0.3) is 5.57 Å². The zero-order valence-electron chi connectivity index (χ0n) is 11.0. The van der Waals surface area contributed by atoms with Crippen LogP contribution in [0.15, 0.2) is 61.0 Å². The Hall–Kier alpha value is -2.82. The van der Waals surface area contributed by atoms with E-state index >= 15 is 0 Å². The van der Waals surface area contributed by atoms with Gasteiger partial charge in [0.2, 0.25) is 5.88 Å². The smallest absolute Gasteiger partial charge is 0.341 e. The van der Waals surface area contributed by atoms with Gasteiger partial charge in [0.1, 0.15) is 11.8 Å². The standard InChI is InChI=1S/C15H14N2O3/c1-11(12-6-4-3-5-7-12)13(15(18)19-2)10-20-14-8-9-16-17-14/h3-10H,1H2,2H3,(H,16,17). The number of carbonyl (C=O) groups excluding carboxylic acids is 1. The zero-order valence-corrected chi connectivity index (χ0v) is 11.0. The Balaban J connectivity index is 2.26. The van der Waals surface area contributed by atoms with Gasteiger partial charge in [0, 0.05) is 6.07 Å². The third-order valence-corrected chi connectivity index (χ3v) is 2.63. The number of aromatic nitrogens is 2. The summed E-state index contributed by atoms with van der Waals surface area (Å²) in [5.41, 5.74) is 1.59. The molecule has 0 saturated carbocycles. The second-order valence-electron chi connectivity index (χ2n) is 3.91. The molecule has 5 nitrogen and oxygen atoms in total. The summed E-state index contributed by atoms with van der Waals surface area (Å²) < 4.78 is 10.1. The van der Waals surface area contributed by atoms with Crippen LogP contribution >= 0.6 is 0 Å². The monoisotopic (exact) mass is 270 g/mol. The van der Waals surface area contributed by atoms with Gasteiger partial charge in [0.05, 0.1) is 13.3 Å². The highest BCUT2D eigenvalue weighted by atomic mass is 16.5. The van der Waals surface area contributed by atoms with Crippen molar-refractivity contribution in [1.82, 2.24) is 10.2 Å². The van der Waals surface area contributed by atoms with Crippen LogP contribution in [0.5, 0.6) is 5.88 Å². The summed E-state index contributed by atoms with van der Waals surface area (Å²) in [4.78, 5) is 11.8. The first-order valence-electron chi connectivity index (χ1n) is 5.91. The molecule has 20 heavy (non-hydrogen) atoms. The molecule has 102 valence electrons. The van der Waals surface area contributed by atoms with Gasteiger partial charge < -0.3 is 9.47 Å². The number of ether oxygens (including phenoxy) is 2. The van der Waals surface area contributed by atoms with Gasteiger partial charge in [-0.3, -0.25) is 0 Å². The predicted octanol–water partition coefficient (Wildman–Crippen LogP) is 2.56. The molecule has 0 spiro atoms. The molecule has 1 N–H and O–H groups in total. The third kappa shape index (κ3) is 3.14. The van der Waals surface area contributed by atoms with Crippen molar-refractivity contribution >= 4 is 11.5 Å². The van der Waals surface area contributed by atoms with Gasteiger partial charge in [0.15, 0.2) is 0 Å². The number of H-pyrrole nitrogens is 1. The molecule has 0 atom stereocenters.